The van der Waals surface area contributed by atoms with Crippen LogP contribution in [0.3, 0.4) is 0 Å². The Morgan fingerprint density at radius 2 is 2.21 bits per heavy atom. The van der Waals surface area contributed by atoms with E-state index in [1.165, 1.54) is 10.9 Å². The summed E-state index contributed by atoms with van der Waals surface area (Å²) < 4.78 is 5.97. The first-order chi connectivity index (χ1) is 9.38. The van der Waals surface area contributed by atoms with Crippen molar-refractivity contribution in [3.8, 4) is 0 Å². The minimum absolute atomic E-state index is 0.163. The van der Waals surface area contributed by atoms with E-state index >= 15 is 0 Å². The summed E-state index contributed by atoms with van der Waals surface area (Å²) in [7, 11) is 0. The Labute approximate surface area is 114 Å². The molecule has 1 aliphatic rings. The summed E-state index contributed by atoms with van der Waals surface area (Å²) in [5.74, 6) is 0. The maximum atomic E-state index is 5.97. The Hall–Kier alpha value is -1.45. The van der Waals surface area contributed by atoms with Crippen LogP contribution in [0.2, 0.25) is 0 Å². The molecule has 1 aliphatic heterocycles. The van der Waals surface area contributed by atoms with Crippen molar-refractivity contribution in [2.45, 2.75) is 31.9 Å². The molecule has 1 aromatic carbocycles. The predicted octanol–water partition coefficient (Wildman–Crippen LogP) is 3.06. The van der Waals surface area contributed by atoms with Crippen LogP contribution in [0.5, 0.6) is 0 Å². The molecule has 1 saturated heterocycles. The quantitative estimate of drug-likeness (QED) is 0.916. The molecule has 2 aromatic rings. The highest BCUT2D eigenvalue weighted by atomic mass is 16.5. The van der Waals surface area contributed by atoms with Crippen LogP contribution >= 0.6 is 0 Å². The number of pyridine rings is 1. The van der Waals surface area contributed by atoms with Gasteiger partial charge in [-0.2, -0.15) is 0 Å². The average Bonchev–Trinajstić information content (AvgIpc) is 2.47. The normalized spacial score (nSPS) is 23.6. The second-order valence-electron chi connectivity index (χ2n) is 5.06. The second-order valence-corrected chi connectivity index (χ2v) is 5.06. The first kappa shape index (κ1) is 12.6. The van der Waals surface area contributed by atoms with Crippen LogP contribution in [0.1, 0.15) is 31.4 Å². The van der Waals surface area contributed by atoms with Crippen molar-refractivity contribution in [3.05, 3.63) is 42.1 Å². The van der Waals surface area contributed by atoms with E-state index in [0.29, 0.717) is 6.04 Å². The number of rotatable bonds is 3. The molecule has 3 nitrogen and oxygen atoms in total. The molecule has 2 unspecified atom stereocenters. The van der Waals surface area contributed by atoms with Crippen LogP contribution in [-0.2, 0) is 4.74 Å². The van der Waals surface area contributed by atoms with E-state index in [4.69, 9.17) is 4.74 Å². The van der Waals surface area contributed by atoms with Crippen LogP contribution in [0.25, 0.3) is 10.9 Å². The van der Waals surface area contributed by atoms with Gasteiger partial charge in [0.1, 0.15) is 0 Å². The van der Waals surface area contributed by atoms with Gasteiger partial charge in [0.25, 0.3) is 0 Å². The Kier molecular flexibility index (Phi) is 3.76. The van der Waals surface area contributed by atoms with Gasteiger partial charge < -0.3 is 10.1 Å². The van der Waals surface area contributed by atoms with Gasteiger partial charge in [0.2, 0.25) is 0 Å². The molecule has 19 heavy (non-hydrogen) atoms. The smallest absolute Gasteiger partial charge is 0.0860 e. The molecule has 100 valence electrons. The minimum Gasteiger partial charge on any atom is -0.373 e. The van der Waals surface area contributed by atoms with Crippen molar-refractivity contribution in [1.29, 1.82) is 0 Å². The van der Waals surface area contributed by atoms with Crippen LogP contribution in [-0.4, -0.2) is 24.2 Å². The van der Waals surface area contributed by atoms with Crippen LogP contribution in [0, 0.1) is 0 Å². The van der Waals surface area contributed by atoms with E-state index in [-0.39, 0.29) is 6.10 Å². The van der Waals surface area contributed by atoms with Crippen LogP contribution in [0.15, 0.2) is 36.5 Å². The van der Waals surface area contributed by atoms with E-state index in [0.717, 1.165) is 31.5 Å². The summed E-state index contributed by atoms with van der Waals surface area (Å²) in [4.78, 5) is 4.53. The Morgan fingerprint density at radius 3 is 3.11 bits per heavy atom. The fourth-order valence-electron chi connectivity index (χ4n) is 2.88. The lowest BCUT2D eigenvalue weighted by molar-refractivity contribution is 0.00135. The molecule has 0 spiro atoms. The van der Waals surface area contributed by atoms with Gasteiger partial charge in [0.15, 0.2) is 0 Å². The number of nitrogens with zero attached hydrogens (tertiary/aromatic N) is 1. The fraction of sp³-hybridized carbons (Fsp3) is 0.438. The largest absolute Gasteiger partial charge is 0.373 e. The molecule has 1 N–H and O–H groups in total. The number of nitrogens with one attached hydrogen (secondary N) is 1. The van der Waals surface area contributed by atoms with Gasteiger partial charge >= 0.3 is 0 Å². The Morgan fingerprint density at radius 1 is 1.32 bits per heavy atom. The van der Waals surface area contributed by atoms with Crippen molar-refractivity contribution in [3.63, 3.8) is 0 Å². The third-order valence-corrected chi connectivity index (χ3v) is 3.79. The van der Waals surface area contributed by atoms with Gasteiger partial charge in [0.05, 0.1) is 11.6 Å². The third kappa shape index (κ3) is 2.62. The lowest BCUT2D eigenvalue weighted by atomic mass is 9.95. The van der Waals surface area contributed by atoms with Gasteiger partial charge in [0, 0.05) is 29.8 Å². The molecule has 0 amide bonds. The molecule has 2 heterocycles. The number of hydrogen-bond donors (Lipinski definition) is 1. The van der Waals surface area contributed by atoms with E-state index < -0.39 is 0 Å². The molecular weight excluding hydrogens is 236 g/mol. The van der Waals surface area contributed by atoms with E-state index in [1.807, 2.05) is 12.3 Å². The highest BCUT2D eigenvalue weighted by Gasteiger charge is 2.24. The van der Waals surface area contributed by atoms with Gasteiger partial charge in [-0.25, -0.2) is 0 Å². The topological polar surface area (TPSA) is 34.1 Å². The first-order valence-electron chi connectivity index (χ1n) is 7.07. The van der Waals surface area contributed by atoms with Gasteiger partial charge in [-0.05, 0) is 25.5 Å². The number of hydrogen-bond acceptors (Lipinski definition) is 3. The lowest BCUT2D eigenvalue weighted by Gasteiger charge is -2.30. The van der Waals surface area contributed by atoms with Crippen molar-refractivity contribution in [2.75, 3.05) is 13.2 Å². The molecule has 1 aromatic heterocycles. The van der Waals surface area contributed by atoms with E-state index in [2.05, 4.69) is 41.5 Å². The predicted molar refractivity (Wildman–Crippen MR) is 77.1 cm³/mol. The molecule has 2 atom stereocenters. The highest BCUT2D eigenvalue weighted by Crippen LogP contribution is 2.31. The maximum Gasteiger partial charge on any atom is 0.0860 e. The van der Waals surface area contributed by atoms with Crippen LogP contribution < -0.4 is 5.32 Å². The van der Waals surface area contributed by atoms with Crippen LogP contribution in [0.4, 0.5) is 0 Å². The number of ether oxygens (including phenoxy) is 1. The molecule has 3 heteroatoms. The summed E-state index contributed by atoms with van der Waals surface area (Å²) in [6.45, 7) is 4.00. The van der Waals surface area contributed by atoms with E-state index in [9.17, 15) is 0 Å². The Bertz CT molecular complexity index is 548. The number of fused-ring (bicyclic) bond motifs is 1. The van der Waals surface area contributed by atoms with Crippen molar-refractivity contribution in [2.24, 2.45) is 0 Å². The van der Waals surface area contributed by atoms with Gasteiger partial charge in [-0.15, -0.1) is 0 Å². The van der Waals surface area contributed by atoms with E-state index in [1.54, 1.807) is 0 Å². The zero-order valence-electron chi connectivity index (χ0n) is 11.3. The zero-order chi connectivity index (χ0) is 13.1. The van der Waals surface area contributed by atoms with Gasteiger partial charge in [-0.1, -0.05) is 31.2 Å². The maximum absolute atomic E-state index is 5.97. The average molecular weight is 256 g/mol. The third-order valence-electron chi connectivity index (χ3n) is 3.79. The SMILES string of the molecule is CCNC1CCOC(c2cccc3cccnc23)C1. The number of aromatic nitrogens is 1. The lowest BCUT2D eigenvalue weighted by Crippen LogP contribution is -2.35. The molecule has 0 bridgehead atoms. The molecule has 1 fully saturated rings. The number of para-hydroxylation sites is 1. The molecule has 0 saturated carbocycles. The first-order valence-corrected chi connectivity index (χ1v) is 7.07. The zero-order valence-corrected chi connectivity index (χ0v) is 11.3. The number of benzene rings is 1. The Balaban J connectivity index is 1.91. The molecule has 0 aliphatic carbocycles. The summed E-state index contributed by atoms with van der Waals surface area (Å²) in [6.07, 6.45) is 4.15. The van der Waals surface area contributed by atoms with Crippen molar-refractivity contribution >= 4 is 10.9 Å². The summed E-state index contributed by atoms with van der Waals surface area (Å²) in [5.41, 5.74) is 2.30. The standard InChI is InChI=1S/C16H20N2O/c1-2-17-13-8-10-19-15(11-13)14-7-3-5-12-6-4-9-18-16(12)14/h3-7,9,13,15,17H,2,8,10-11H2,1H3. The summed E-state index contributed by atoms with van der Waals surface area (Å²) >= 11 is 0. The summed E-state index contributed by atoms with van der Waals surface area (Å²) in [6, 6.07) is 11.0. The molecular formula is C16H20N2O. The molecule has 0 radical (unpaired) electrons. The fourth-order valence-corrected chi connectivity index (χ4v) is 2.88. The second kappa shape index (κ2) is 5.68. The summed E-state index contributed by atoms with van der Waals surface area (Å²) in [5, 5.41) is 4.72. The van der Waals surface area contributed by atoms with Gasteiger partial charge in [-0.3, -0.25) is 4.98 Å². The monoisotopic (exact) mass is 256 g/mol. The van der Waals surface area contributed by atoms with Crippen molar-refractivity contribution in [1.82, 2.24) is 10.3 Å². The molecule has 3 rings (SSSR count). The minimum atomic E-state index is 0.163. The highest BCUT2D eigenvalue weighted by molar-refractivity contribution is 5.81. The van der Waals surface area contributed by atoms with Crippen molar-refractivity contribution < 1.29 is 4.74 Å².